The van der Waals surface area contributed by atoms with Gasteiger partial charge in [-0.05, 0) is 39.5 Å². The van der Waals surface area contributed by atoms with E-state index in [0.29, 0.717) is 26.8 Å². The van der Waals surface area contributed by atoms with Crippen LogP contribution in [0.5, 0.6) is 0 Å². The van der Waals surface area contributed by atoms with Crippen LogP contribution in [0, 0.1) is 0 Å². The average Bonchev–Trinajstić information content (AvgIpc) is 2.85. The molecule has 2 rings (SSSR count). The molecule has 2 heterocycles. The zero-order chi connectivity index (χ0) is 14.0. The molecule has 6 heteroatoms. The van der Waals surface area contributed by atoms with Crippen LogP contribution in [0.25, 0.3) is 0 Å². The third kappa shape index (κ3) is 3.92. The first-order valence-corrected chi connectivity index (χ1v) is 7.91. The van der Waals surface area contributed by atoms with Crippen molar-refractivity contribution < 1.29 is 4.79 Å². The second kappa shape index (κ2) is 6.55. The molecule has 3 nitrogen and oxygen atoms in total. The van der Waals surface area contributed by atoms with Gasteiger partial charge in [-0.2, -0.15) is 0 Å². The van der Waals surface area contributed by atoms with Gasteiger partial charge in [0.2, 0.25) is 0 Å². The average molecular weight is 321 g/mol. The highest BCUT2D eigenvalue weighted by Crippen LogP contribution is 2.32. The number of rotatable bonds is 5. The molecule has 0 aromatic carbocycles. The highest BCUT2D eigenvalue weighted by Gasteiger charge is 2.27. The lowest BCUT2D eigenvalue weighted by Crippen LogP contribution is -2.40. The van der Waals surface area contributed by atoms with Crippen molar-refractivity contribution in [2.75, 3.05) is 33.7 Å². The summed E-state index contributed by atoms with van der Waals surface area (Å²) in [4.78, 5) is 16.7. The smallest absolute Gasteiger partial charge is 0.179 e. The van der Waals surface area contributed by atoms with Crippen molar-refractivity contribution in [2.45, 2.75) is 18.9 Å². The lowest BCUT2D eigenvalue weighted by atomic mass is 10.2. The van der Waals surface area contributed by atoms with Gasteiger partial charge in [0, 0.05) is 12.6 Å². The molecule has 0 aliphatic carbocycles. The predicted octanol–water partition coefficient (Wildman–Crippen LogP) is 3.26. The molecule has 1 aliphatic heterocycles. The first-order chi connectivity index (χ1) is 8.97. The fourth-order valence-electron chi connectivity index (χ4n) is 2.53. The Hall–Kier alpha value is -0.130. The van der Waals surface area contributed by atoms with Crippen LogP contribution in [0.2, 0.25) is 8.67 Å². The number of ketones is 1. The summed E-state index contributed by atoms with van der Waals surface area (Å²) in [7, 11) is 4.13. The molecule has 0 radical (unpaired) electrons. The molecule has 1 saturated heterocycles. The van der Waals surface area contributed by atoms with Gasteiger partial charge in [-0.25, -0.2) is 0 Å². The van der Waals surface area contributed by atoms with Crippen LogP contribution in [0.4, 0.5) is 0 Å². The fourth-order valence-corrected chi connectivity index (χ4v) is 4.03. The third-order valence-corrected chi connectivity index (χ3v) is 4.87. The van der Waals surface area contributed by atoms with Crippen LogP contribution in [-0.2, 0) is 0 Å². The van der Waals surface area contributed by atoms with E-state index in [9.17, 15) is 4.79 Å². The quantitative estimate of drug-likeness (QED) is 0.778. The molecule has 1 atom stereocenters. The zero-order valence-electron chi connectivity index (χ0n) is 11.2. The maximum atomic E-state index is 12.3. The van der Waals surface area contributed by atoms with E-state index in [4.69, 9.17) is 23.2 Å². The van der Waals surface area contributed by atoms with Crippen molar-refractivity contribution in [3.63, 3.8) is 0 Å². The van der Waals surface area contributed by atoms with Crippen molar-refractivity contribution >= 4 is 40.3 Å². The molecule has 0 N–H and O–H groups in total. The van der Waals surface area contributed by atoms with Gasteiger partial charge in [0.15, 0.2) is 5.78 Å². The number of carbonyl (C=O) groups is 1. The van der Waals surface area contributed by atoms with Crippen LogP contribution >= 0.6 is 34.5 Å². The topological polar surface area (TPSA) is 23.6 Å². The Labute approximate surface area is 128 Å². The highest BCUT2D eigenvalue weighted by atomic mass is 35.5. The SMILES string of the molecule is CN(C)CC1CCCN1CC(=O)c1cc(Cl)sc1Cl. The first-order valence-electron chi connectivity index (χ1n) is 6.34. The van der Waals surface area contributed by atoms with Gasteiger partial charge in [-0.1, -0.05) is 23.2 Å². The Bertz CT molecular complexity index is 461. The Kier molecular flexibility index (Phi) is 5.26. The minimum absolute atomic E-state index is 0.0683. The van der Waals surface area contributed by atoms with E-state index < -0.39 is 0 Å². The summed E-state index contributed by atoms with van der Waals surface area (Å²) in [5, 5.41) is 0. The molecule has 0 bridgehead atoms. The Morgan fingerprint density at radius 3 is 2.84 bits per heavy atom. The van der Waals surface area contributed by atoms with Gasteiger partial charge in [-0.3, -0.25) is 9.69 Å². The molecule has 19 heavy (non-hydrogen) atoms. The summed E-state index contributed by atoms with van der Waals surface area (Å²) < 4.78 is 1.07. The number of thiophene rings is 1. The summed E-state index contributed by atoms with van der Waals surface area (Å²) in [5.74, 6) is 0.0683. The van der Waals surface area contributed by atoms with E-state index in [-0.39, 0.29) is 5.78 Å². The molecular formula is C13H18Cl2N2OS. The number of likely N-dealkylation sites (tertiary alicyclic amines) is 1. The van der Waals surface area contributed by atoms with Gasteiger partial charge < -0.3 is 4.90 Å². The summed E-state index contributed by atoms with van der Waals surface area (Å²) in [6, 6.07) is 2.14. The number of nitrogens with zero attached hydrogens (tertiary/aromatic N) is 2. The standard InChI is InChI=1S/C13H18Cl2N2OS/c1-16(2)7-9-4-3-5-17(9)8-11(18)10-6-12(14)19-13(10)15/h6,9H,3-5,7-8H2,1-2H3. The minimum Gasteiger partial charge on any atom is -0.308 e. The zero-order valence-corrected chi connectivity index (χ0v) is 13.5. The van der Waals surface area contributed by atoms with Gasteiger partial charge in [0.1, 0.15) is 4.34 Å². The summed E-state index contributed by atoms with van der Waals surface area (Å²) in [6.45, 7) is 2.41. The van der Waals surface area contributed by atoms with E-state index in [1.807, 2.05) is 0 Å². The van der Waals surface area contributed by atoms with Crippen molar-refractivity contribution in [2.24, 2.45) is 0 Å². The van der Waals surface area contributed by atoms with Crippen LogP contribution in [0.1, 0.15) is 23.2 Å². The molecule has 0 spiro atoms. The Morgan fingerprint density at radius 2 is 2.26 bits per heavy atom. The lowest BCUT2D eigenvalue weighted by Gasteiger charge is -2.26. The van der Waals surface area contributed by atoms with E-state index in [1.54, 1.807) is 6.07 Å². The van der Waals surface area contributed by atoms with E-state index >= 15 is 0 Å². The first kappa shape index (κ1) is 15.3. The summed E-state index contributed by atoms with van der Waals surface area (Å²) >= 11 is 13.2. The Balaban J connectivity index is 2.00. The van der Waals surface area contributed by atoms with Crippen molar-refractivity contribution in [1.82, 2.24) is 9.80 Å². The van der Waals surface area contributed by atoms with Crippen molar-refractivity contribution in [1.29, 1.82) is 0 Å². The fraction of sp³-hybridized carbons (Fsp3) is 0.615. The number of likely N-dealkylation sites (N-methyl/N-ethyl adjacent to an activating group) is 1. The molecule has 1 fully saturated rings. The second-order valence-corrected chi connectivity index (χ2v) is 7.48. The predicted molar refractivity (Wildman–Crippen MR) is 81.8 cm³/mol. The maximum Gasteiger partial charge on any atom is 0.179 e. The lowest BCUT2D eigenvalue weighted by molar-refractivity contribution is 0.0911. The van der Waals surface area contributed by atoms with Gasteiger partial charge >= 0.3 is 0 Å². The van der Waals surface area contributed by atoms with Crippen LogP contribution in [0.3, 0.4) is 0 Å². The number of halogens is 2. The number of hydrogen-bond donors (Lipinski definition) is 0. The summed E-state index contributed by atoms with van der Waals surface area (Å²) in [6.07, 6.45) is 2.31. The molecule has 0 saturated carbocycles. The van der Waals surface area contributed by atoms with Crippen LogP contribution in [0.15, 0.2) is 6.07 Å². The van der Waals surface area contributed by atoms with Gasteiger partial charge in [0.25, 0.3) is 0 Å². The molecule has 1 aliphatic rings. The van der Waals surface area contributed by atoms with Crippen LogP contribution in [-0.4, -0.2) is 55.4 Å². The van der Waals surface area contributed by atoms with Gasteiger partial charge in [0.05, 0.1) is 16.4 Å². The molecule has 0 amide bonds. The maximum absolute atomic E-state index is 12.3. The normalized spacial score (nSPS) is 20.4. The minimum atomic E-state index is 0.0683. The number of hydrogen-bond acceptors (Lipinski definition) is 4. The van der Waals surface area contributed by atoms with E-state index in [0.717, 1.165) is 25.9 Å². The molecule has 1 aromatic heterocycles. The number of carbonyl (C=O) groups excluding carboxylic acids is 1. The van der Waals surface area contributed by atoms with Crippen molar-refractivity contribution in [3.05, 3.63) is 20.3 Å². The van der Waals surface area contributed by atoms with Gasteiger partial charge in [-0.15, -0.1) is 11.3 Å². The van der Waals surface area contributed by atoms with E-state index in [2.05, 4.69) is 23.9 Å². The highest BCUT2D eigenvalue weighted by molar-refractivity contribution is 7.20. The second-order valence-electron chi connectivity index (χ2n) is 5.19. The monoisotopic (exact) mass is 320 g/mol. The largest absolute Gasteiger partial charge is 0.308 e. The Morgan fingerprint density at radius 1 is 1.53 bits per heavy atom. The molecule has 1 aromatic rings. The molecule has 106 valence electrons. The van der Waals surface area contributed by atoms with Crippen molar-refractivity contribution in [3.8, 4) is 0 Å². The van der Waals surface area contributed by atoms with Crippen LogP contribution < -0.4 is 0 Å². The number of Topliss-reactive ketones (excluding diaryl/α,β-unsaturated/α-hetero) is 1. The molecular weight excluding hydrogens is 303 g/mol. The van der Waals surface area contributed by atoms with E-state index in [1.165, 1.54) is 11.3 Å². The third-order valence-electron chi connectivity index (χ3n) is 3.38. The summed E-state index contributed by atoms with van der Waals surface area (Å²) in [5.41, 5.74) is 0.562. The molecule has 1 unspecified atom stereocenters.